The summed E-state index contributed by atoms with van der Waals surface area (Å²) in [5, 5.41) is 12.1. The molecular weight excluding hydrogens is 227 g/mol. The van der Waals surface area contributed by atoms with Gasteiger partial charge in [-0.2, -0.15) is 5.26 Å². The predicted octanol–water partition coefficient (Wildman–Crippen LogP) is 4.06. The van der Waals surface area contributed by atoms with Gasteiger partial charge in [-0.1, -0.05) is 12.1 Å². The summed E-state index contributed by atoms with van der Waals surface area (Å²) in [5.41, 5.74) is 3.52. The highest BCUT2D eigenvalue weighted by Crippen LogP contribution is 2.23. The number of halogens is 1. The third-order valence-corrected chi connectivity index (χ3v) is 2.75. The van der Waals surface area contributed by atoms with Gasteiger partial charge in [-0.25, -0.2) is 4.39 Å². The maximum atomic E-state index is 13.4. The second kappa shape index (κ2) is 4.89. The number of aryl methyl sites for hydroxylation is 2. The molecule has 2 rings (SSSR count). The number of hydrogen-bond donors (Lipinski definition) is 1. The maximum Gasteiger partial charge on any atom is 0.128 e. The van der Waals surface area contributed by atoms with Crippen LogP contribution in [-0.4, -0.2) is 0 Å². The lowest BCUT2D eigenvalue weighted by Crippen LogP contribution is -1.95. The maximum absolute atomic E-state index is 13.4. The van der Waals surface area contributed by atoms with Crippen LogP contribution in [0.5, 0.6) is 0 Å². The molecular formula is C15H13FN2. The Hall–Kier alpha value is -2.34. The van der Waals surface area contributed by atoms with Gasteiger partial charge in [-0.05, 0) is 49.2 Å². The molecule has 1 N–H and O–H groups in total. The molecule has 0 heterocycles. The van der Waals surface area contributed by atoms with E-state index in [1.54, 1.807) is 25.1 Å². The molecule has 18 heavy (non-hydrogen) atoms. The molecule has 0 bridgehead atoms. The molecule has 0 saturated heterocycles. The van der Waals surface area contributed by atoms with Crippen molar-refractivity contribution in [3.05, 3.63) is 58.9 Å². The Bertz CT molecular complexity index is 627. The average Bonchev–Trinajstić information content (AvgIpc) is 2.34. The molecule has 0 spiro atoms. The number of hydrogen-bond acceptors (Lipinski definition) is 2. The molecule has 0 radical (unpaired) electrons. The van der Waals surface area contributed by atoms with Crippen molar-refractivity contribution in [3.63, 3.8) is 0 Å². The summed E-state index contributed by atoms with van der Waals surface area (Å²) in [6.45, 7) is 3.66. The highest BCUT2D eigenvalue weighted by Gasteiger charge is 2.04. The Labute approximate surface area is 106 Å². The molecule has 0 atom stereocenters. The second-order valence-corrected chi connectivity index (χ2v) is 4.25. The van der Waals surface area contributed by atoms with Crippen molar-refractivity contribution >= 4 is 11.4 Å². The summed E-state index contributed by atoms with van der Waals surface area (Å²) in [4.78, 5) is 0. The van der Waals surface area contributed by atoms with Crippen molar-refractivity contribution in [2.45, 2.75) is 13.8 Å². The van der Waals surface area contributed by atoms with Crippen LogP contribution in [0.4, 0.5) is 15.8 Å². The highest BCUT2D eigenvalue weighted by molar-refractivity contribution is 5.67. The van der Waals surface area contributed by atoms with Crippen molar-refractivity contribution in [1.82, 2.24) is 0 Å². The largest absolute Gasteiger partial charge is 0.354 e. The van der Waals surface area contributed by atoms with Crippen molar-refractivity contribution in [3.8, 4) is 6.07 Å². The molecule has 90 valence electrons. The standard InChI is InChI=1S/C15H13FN2/c1-10-3-5-12(9-17)15(7-10)18-13-6-4-11(2)14(16)8-13/h3-8,18H,1-2H3. The van der Waals surface area contributed by atoms with Gasteiger partial charge in [0, 0.05) is 5.69 Å². The van der Waals surface area contributed by atoms with Crippen LogP contribution in [0.2, 0.25) is 0 Å². The second-order valence-electron chi connectivity index (χ2n) is 4.25. The summed E-state index contributed by atoms with van der Waals surface area (Å²) in [6.07, 6.45) is 0. The first-order valence-electron chi connectivity index (χ1n) is 5.64. The Kier molecular flexibility index (Phi) is 3.29. The van der Waals surface area contributed by atoms with Gasteiger partial charge < -0.3 is 5.32 Å². The number of nitrogens with zero attached hydrogens (tertiary/aromatic N) is 1. The molecule has 0 aromatic heterocycles. The fourth-order valence-electron chi connectivity index (χ4n) is 1.69. The fraction of sp³-hybridized carbons (Fsp3) is 0.133. The van der Waals surface area contributed by atoms with E-state index in [-0.39, 0.29) is 5.82 Å². The molecule has 2 nitrogen and oxygen atoms in total. The highest BCUT2D eigenvalue weighted by atomic mass is 19.1. The SMILES string of the molecule is Cc1ccc(C#N)c(Nc2ccc(C)c(F)c2)c1. The Morgan fingerprint density at radius 2 is 1.89 bits per heavy atom. The van der Waals surface area contributed by atoms with Gasteiger partial charge in [0.25, 0.3) is 0 Å². The quantitative estimate of drug-likeness (QED) is 0.859. The lowest BCUT2D eigenvalue weighted by molar-refractivity contribution is 0.619. The van der Waals surface area contributed by atoms with Crippen molar-refractivity contribution in [2.75, 3.05) is 5.32 Å². The fourth-order valence-corrected chi connectivity index (χ4v) is 1.69. The van der Waals surface area contributed by atoms with E-state index >= 15 is 0 Å². The first-order valence-corrected chi connectivity index (χ1v) is 5.64. The lowest BCUT2D eigenvalue weighted by Gasteiger charge is -2.10. The van der Waals surface area contributed by atoms with Gasteiger partial charge >= 0.3 is 0 Å². The van der Waals surface area contributed by atoms with E-state index in [2.05, 4.69) is 11.4 Å². The lowest BCUT2D eigenvalue weighted by atomic mass is 10.1. The number of nitrogens with one attached hydrogen (secondary N) is 1. The topological polar surface area (TPSA) is 35.8 Å². The van der Waals surface area contributed by atoms with Crippen LogP contribution >= 0.6 is 0 Å². The van der Waals surface area contributed by atoms with Crippen LogP contribution in [-0.2, 0) is 0 Å². The first-order chi connectivity index (χ1) is 8.60. The predicted molar refractivity (Wildman–Crippen MR) is 70.3 cm³/mol. The smallest absolute Gasteiger partial charge is 0.128 e. The van der Waals surface area contributed by atoms with Crippen LogP contribution in [0.25, 0.3) is 0 Å². The molecule has 3 heteroatoms. The van der Waals surface area contributed by atoms with E-state index in [0.717, 1.165) is 5.56 Å². The minimum Gasteiger partial charge on any atom is -0.354 e. The molecule has 0 fully saturated rings. The number of rotatable bonds is 2. The third-order valence-electron chi connectivity index (χ3n) is 2.75. The zero-order valence-electron chi connectivity index (χ0n) is 10.3. The summed E-state index contributed by atoms with van der Waals surface area (Å²) < 4.78 is 13.4. The number of anilines is 2. The molecule has 0 saturated carbocycles. The zero-order valence-corrected chi connectivity index (χ0v) is 10.3. The zero-order chi connectivity index (χ0) is 13.1. The van der Waals surface area contributed by atoms with Gasteiger partial charge in [0.05, 0.1) is 11.3 Å². The van der Waals surface area contributed by atoms with E-state index in [1.807, 2.05) is 19.1 Å². The van der Waals surface area contributed by atoms with Gasteiger partial charge in [-0.15, -0.1) is 0 Å². The van der Waals surface area contributed by atoms with Crippen LogP contribution in [0.1, 0.15) is 16.7 Å². The first kappa shape index (κ1) is 12.1. The third kappa shape index (κ3) is 2.49. The van der Waals surface area contributed by atoms with E-state index in [4.69, 9.17) is 5.26 Å². The monoisotopic (exact) mass is 240 g/mol. The van der Waals surface area contributed by atoms with E-state index < -0.39 is 0 Å². The van der Waals surface area contributed by atoms with Crippen molar-refractivity contribution < 1.29 is 4.39 Å². The van der Waals surface area contributed by atoms with Gasteiger partial charge in [0.1, 0.15) is 11.9 Å². The normalized spacial score (nSPS) is 9.89. The van der Waals surface area contributed by atoms with Crippen molar-refractivity contribution in [1.29, 1.82) is 5.26 Å². The van der Waals surface area contributed by atoms with Crippen LogP contribution in [0.3, 0.4) is 0 Å². The summed E-state index contributed by atoms with van der Waals surface area (Å²) >= 11 is 0. The van der Waals surface area contributed by atoms with Gasteiger partial charge in [0.2, 0.25) is 0 Å². The minimum absolute atomic E-state index is 0.258. The molecule has 0 unspecified atom stereocenters. The molecule has 0 amide bonds. The van der Waals surface area contributed by atoms with Crippen molar-refractivity contribution in [2.24, 2.45) is 0 Å². The molecule has 0 aliphatic heterocycles. The minimum atomic E-state index is -0.258. The molecule has 2 aromatic rings. The molecule has 2 aromatic carbocycles. The number of benzene rings is 2. The molecule has 0 aliphatic rings. The summed E-state index contributed by atoms with van der Waals surface area (Å²) in [7, 11) is 0. The number of nitriles is 1. The van der Waals surface area contributed by atoms with Crippen LogP contribution in [0.15, 0.2) is 36.4 Å². The van der Waals surface area contributed by atoms with E-state index in [0.29, 0.717) is 22.5 Å². The summed E-state index contributed by atoms with van der Waals surface area (Å²) in [6, 6.07) is 12.5. The summed E-state index contributed by atoms with van der Waals surface area (Å²) in [5.74, 6) is -0.258. The Morgan fingerprint density at radius 1 is 1.11 bits per heavy atom. The Morgan fingerprint density at radius 3 is 2.56 bits per heavy atom. The van der Waals surface area contributed by atoms with E-state index in [1.165, 1.54) is 6.07 Å². The van der Waals surface area contributed by atoms with Gasteiger partial charge in [-0.3, -0.25) is 0 Å². The van der Waals surface area contributed by atoms with E-state index in [9.17, 15) is 4.39 Å². The van der Waals surface area contributed by atoms with Crippen LogP contribution < -0.4 is 5.32 Å². The molecule has 0 aliphatic carbocycles. The Balaban J connectivity index is 2.36. The van der Waals surface area contributed by atoms with Gasteiger partial charge in [0.15, 0.2) is 0 Å². The average molecular weight is 240 g/mol. The van der Waals surface area contributed by atoms with Crippen LogP contribution in [0, 0.1) is 31.0 Å².